The Balaban J connectivity index is 2.73. The lowest BCUT2D eigenvalue weighted by molar-refractivity contribution is 0.279. The minimum atomic E-state index is -0.0192. The zero-order chi connectivity index (χ0) is 8.55. The van der Waals surface area contributed by atoms with Gasteiger partial charge in [-0.2, -0.15) is 10.1 Å². The van der Waals surface area contributed by atoms with Gasteiger partial charge in [-0.05, 0) is 6.92 Å². The Morgan fingerprint density at radius 1 is 1.58 bits per heavy atom. The van der Waals surface area contributed by atoms with Crippen LogP contribution in [0.5, 0.6) is 0 Å². The molecule has 0 aliphatic rings. The summed E-state index contributed by atoms with van der Waals surface area (Å²) in [7, 11) is 0. The van der Waals surface area contributed by atoms with Gasteiger partial charge in [0.2, 0.25) is 0 Å². The molecule has 2 aromatic heterocycles. The number of aliphatic hydroxyl groups is 1. The third kappa shape index (κ3) is 0.947. The van der Waals surface area contributed by atoms with Gasteiger partial charge in [0.25, 0.3) is 5.78 Å². The van der Waals surface area contributed by atoms with E-state index in [0.717, 1.165) is 11.3 Å². The van der Waals surface area contributed by atoms with Crippen molar-refractivity contribution in [3.05, 3.63) is 23.8 Å². The van der Waals surface area contributed by atoms with Crippen molar-refractivity contribution in [3.63, 3.8) is 0 Å². The number of aliphatic hydroxyl groups excluding tert-OH is 1. The van der Waals surface area contributed by atoms with E-state index in [4.69, 9.17) is 5.11 Å². The van der Waals surface area contributed by atoms with Gasteiger partial charge in [-0.25, -0.2) is 9.50 Å². The molecule has 0 unspecified atom stereocenters. The van der Waals surface area contributed by atoms with E-state index in [9.17, 15) is 0 Å². The van der Waals surface area contributed by atoms with Gasteiger partial charge in [0.05, 0.1) is 6.61 Å². The number of fused-ring (bicyclic) bond motifs is 1. The number of aryl methyl sites for hydroxylation is 1. The van der Waals surface area contributed by atoms with Crippen molar-refractivity contribution in [1.29, 1.82) is 0 Å². The fourth-order valence-corrected chi connectivity index (χ4v) is 1.03. The molecule has 2 heterocycles. The van der Waals surface area contributed by atoms with Crippen molar-refractivity contribution in [3.8, 4) is 0 Å². The zero-order valence-electron chi connectivity index (χ0n) is 6.60. The summed E-state index contributed by atoms with van der Waals surface area (Å²) in [6, 6.07) is 0. The second-order valence-electron chi connectivity index (χ2n) is 2.51. The predicted molar refractivity (Wildman–Crippen MR) is 41.4 cm³/mol. The van der Waals surface area contributed by atoms with E-state index in [2.05, 4.69) is 15.1 Å². The largest absolute Gasteiger partial charge is 0.392 e. The topological polar surface area (TPSA) is 63.3 Å². The molecule has 62 valence electrons. The summed E-state index contributed by atoms with van der Waals surface area (Å²) >= 11 is 0. The van der Waals surface area contributed by atoms with Crippen LogP contribution in [0.1, 0.15) is 11.3 Å². The van der Waals surface area contributed by atoms with Crippen LogP contribution in [0.2, 0.25) is 0 Å². The van der Waals surface area contributed by atoms with Crippen LogP contribution in [0.3, 0.4) is 0 Å². The molecule has 0 radical (unpaired) electrons. The first-order valence-corrected chi connectivity index (χ1v) is 3.58. The van der Waals surface area contributed by atoms with E-state index in [1.165, 1.54) is 6.33 Å². The Bertz CT molecular complexity index is 409. The van der Waals surface area contributed by atoms with Crippen LogP contribution in [0.25, 0.3) is 5.78 Å². The molecule has 2 rings (SSSR count). The highest BCUT2D eigenvalue weighted by Crippen LogP contribution is 2.04. The first-order valence-electron chi connectivity index (χ1n) is 3.58. The van der Waals surface area contributed by atoms with E-state index in [1.54, 1.807) is 10.7 Å². The Morgan fingerprint density at radius 2 is 2.42 bits per heavy atom. The van der Waals surface area contributed by atoms with Crippen LogP contribution >= 0.6 is 0 Å². The van der Waals surface area contributed by atoms with Gasteiger partial charge >= 0.3 is 0 Å². The highest BCUT2D eigenvalue weighted by molar-refractivity contribution is 5.29. The van der Waals surface area contributed by atoms with Crippen molar-refractivity contribution < 1.29 is 5.11 Å². The lowest BCUT2D eigenvalue weighted by Gasteiger charge is -2.00. The van der Waals surface area contributed by atoms with E-state index in [1.807, 2.05) is 6.92 Å². The van der Waals surface area contributed by atoms with Gasteiger partial charge in [-0.15, -0.1) is 0 Å². The Morgan fingerprint density at radius 3 is 3.17 bits per heavy atom. The molecule has 0 aromatic carbocycles. The normalized spacial score (nSPS) is 10.8. The first kappa shape index (κ1) is 7.17. The van der Waals surface area contributed by atoms with Gasteiger partial charge in [0, 0.05) is 17.5 Å². The maximum atomic E-state index is 8.91. The van der Waals surface area contributed by atoms with E-state index in [0.29, 0.717) is 5.78 Å². The lowest BCUT2D eigenvalue weighted by Crippen LogP contribution is -1.99. The average Bonchev–Trinajstić information content (AvgIpc) is 2.49. The number of rotatable bonds is 1. The van der Waals surface area contributed by atoms with Gasteiger partial charge in [-0.1, -0.05) is 0 Å². The summed E-state index contributed by atoms with van der Waals surface area (Å²) in [4.78, 5) is 8.05. The molecule has 0 atom stereocenters. The number of aromatic nitrogens is 4. The summed E-state index contributed by atoms with van der Waals surface area (Å²) in [5.41, 5.74) is 1.56. The van der Waals surface area contributed by atoms with Crippen LogP contribution in [-0.2, 0) is 6.61 Å². The maximum absolute atomic E-state index is 8.91. The SMILES string of the molecule is Cc1nc2ncnn2cc1CO. The van der Waals surface area contributed by atoms with Crippen LogP contribution in [0.15, 0.2) is 12.5 Å². The molecule has 0 aliphatic heterocycles. The number of nitrogens with zero attached hydrogens (tertiary/aromatic N) is 4. The van der Waals surface area contributed by atoms with Crippen LogP contribution < -0.4 is 0 Å². The molecular weight excluding hydrogens is 156 g/mol. The molecule has 1 N–H and O–H groups in total. The summed E-state index contributed by atoms with van der Waals surface area (Å²) in [5, 5.41) is 12.8. The minimum Gasteiger partial charge on any atom is -0.392 e. The molecule has 0 spiro atoms. The van der Waals surface area contributed by atoms with Crippen molar-refractivity contribution in [1.82, 2.24) is 19.6 Å². The zero-order valence-corrected chi connectivity index (χ0v) is 6.60. The van der Waals surface area contributed by atoms with Crippen molar-refractivity contribution >= 4 is 5.78 Å². The lowest BCUT2D eigenvalue weighted by atomic mass is 10.3. The maximum Gasteiger partial charge on any atom is 0.252 e. The molecule has 0 saturated carbocycles. The molecular formula is C7H8N4O. The van der Waals surface area contributed by atoms with Gasteiger partial charge < -0.3 is 5.11 Å². The summed E-state index contributed by atoms with van der Waals surface area (Å²) in [6.07, 6.45) is 3.16. The molecule has 5 heteroatoms. The van der Waals surface area contributed by atoms with Gasteiger partial charge in [0.1, 0.15) is 6.33 Å². The molecule has 2 aromatic rings. The van der Waals surface area contributed by atoms with Crippen molar-refractivity contribution in [2.75, 3.05) is 0 Å². The Kier molecular flexibility index (Phi) is 1.51. The van der Waals surface area contributed by atoms with Crippen molar-refractivity contribution in [2.24, 2.45) is 0 Å². The quantitative estimate of drug-likeness (QED) is 0.640. The molecule has 0 saturated heterocycles. The molecule has 0 bridgehead atoms. The van der Waals surface area contributed by atoms with Crippen LogP contribution in [-0.4, -0.2) is 24.7 Å². The predicted octanol–water partition coefficient (Wildman–Crippen LogP) is -0.0750. The molecule has 0 amide bonds. The second kappa shape index (κ2) is 2.53. The summed E-state index contributed by atoms with van der Waals surface area (Å²) in [6.45, 7) is 1.81. The standard InChI is InChI=1S/C7H8N4O/c1-5-6(3-12)2-11-7(10-5)8-4-9-11/h2,4,12H,3H2,1H3. The number of hydrogen-bond donors (Lipinski definition) is 1. The van der Waals surface area contributed by atoms with Crippen LogP contribution in [0.4, 0.5) is 0 Å². The second-order valence-corrected chi connectivity index (χ2v) is 2.51. The van der Waals surface area contributed by atoms with Gasteiger partial charge in [0.15, 0.2) is 0 Å². The highest BCUT2D eigenvalue weighted by Gasteiger charge is 2.02. The summed E-state index contributed by atoms with van der Waals surface area (Å²) in [5.74, 6) is 0.560. The minimum absolute atomic E-state index is 0.0192. The van der Waals surface area contributed by atoms with Crippen LogP contribution in [0, 0.1) is 6.92 Å². The summed E-state index contributed by atoms with van der Waals surface area (Å²) < 4.78 is 1.54. The third-order valence-corrected chi connectivity index (χ3v) is 1.74. The molecule has 0 fully saturated rings. The van der Waals surface area contributed by atoms with Gasteiger partial charge in [-0.3, -0.25) is 0 Å². The Hall–Kier alpha value is -1.49. The molecule has 5 nitrogen and oxygen atoms in total. The molecule has 0 aliphatic carbocycles. The fourth-order valence-electron chi connectivity index (χ4n) is 1.03. The third-order valence-electron chi connectivity index (χ3n) is 1.74. The Labute approximate surface area is 68.7 Å². The fraction of sp³-hybridized carbons (Fsp3) is 0.286. The highest BCUT2D eigenvalue weighted by atomic mass is 16.3. The van der Waals surface area contributed by atoms with E-state index in [-0.39, 0.29) is 6.61 Å². The average molecular weight is 164 g/mol. The number of hydrogen-bond acceptors (Lipinski definition) is 4. The van der Waals surface area contributed by atoms with E-state index >= 15 is 0 Å². The smallest absolute Gasteiger partial charge is 0.252 e. The van der Waals surface area contributed by atoms with Crippen molar-refractivity contribution in [2.45, 2.75) is 13.5 Å². The monoisotopic (exact) mass is 164 g/mol. The van der Waals surface area contributed by atoms with E-state index < -0.39 is 0 Å². The molecule has 12 heavy (non-hydrogen) atoms. The first-order chi connectivity index (χ1) is 5.81.